The van der Waals surface area contributed by atoms with Crippen molar-refractivity contribution >= 4 is 5.97 Å². The lowest BCUT2D eigenvalue weighted by Gasteiger charge is -2.08. The molecule has 16 heavy (non-hydrogen) atoms. The molecule has 0 amide bonds. The second-order valence-corrected chi connectivity index (χ2v) is 3.74. The minimum absolute atomic E-state index is 0.212. The smallest absolute Gasteiger partial charge is 0.335 e. The van der Waals surface area contributed by atoms with Crippen LogP contribution < -0.4 is 4.74 Å². The van der Waals surface area contributed by atoms with Crippen LogP contribution in [0.1, 0.15) is 22.8 Å². The molecule has 0 aromatic heterocycles. The molecule has 2 rings (SSSR count). The molecule has 0 saturated carbocycles. The van der Waals surface area contributed by atoms with Crippen LogP contribution in [0.15, 0.2) is 18.2 Å². The summed E-state index contributed by atoms with van der Waals surface area (Å²) in [7, 11) is 0. The van der Waals surface area contributed by atoms with Gasteiger partial charge in [-0.15, -0.1) is 0 Å². The van der Waals surface area contributed by atoms with Crippen molar-refractivity contribution in [2.75, 3.05) is 13.2 Å². The highest BCUT2D eigenvalue weighted by Gasteiger charge is 2.23. The molecule has 1 heterocycles. The molecule has 0 radical (unpaired) electrons. The van der Waals surface area contributed by atoms with Crippen LogP contribution >= 0.6 is 0 Å². The minimum Gasteiger partial charge on any atom is -0.491 e. The normalized spacial score (nSPS) is 18.2. The number of carbonyl (C=O) groups is 1. The van der Waals surface area contributed by atoms with Gasteiger partial charge in [0, 0.05) is 0 Å². The number of benzene rings is 1. The fourth-order valence-electron chi connectivity index (χ4n) is 1.51. The summed E-state index contributed by atoms with van der Waals surface area (Å²) in [5.74, 6) is -0.189. The molecule has 1 aliphatic heterocycles. The first-order chi connectivity index (χ1) is 7.70. The highest BCUT2D eigenvalue weighted by Crippen LogP contribution is 2.20. The summed E-state index contributed by atoms with van der Waals surface area (Å²) in [4.78, 5) is 10.9. The summed E-state index contributed by atoms with van der Waals surface area (Å²) in [6, 6.07) is 5.06. The first-order valence-electron chi connectivity index (χ1n) is 5.31. The van der Waals surface area contributed by atoms with Crippen LogP contribution in [-0.2, 0) is 11.2 Å². The number of aryl methyl sites for hydroxylation is 1. The molecular formula is C12H14O4. The maximum Gasteiger partial charge on any atom is 0.335 e. The quantitative estimate of drug-likeness (QED) is 0.771. The Labute approximate surface area is 93.8 Å². The SMILES string of the molecule is CCc1cc(OCC2CO2)ccc1C(=O)O. The number of carboxylic acid groups (broad SMARTS) is 1. The van der Waals surface area contributed by atoms with E-state index in [1.54, 1.807) is 18.2 Å². The van der Waals surface area contributed by atoms with Gasteiger partial charge in [-0.25, -0.2) is 4.79 Å². The van der Waals surface area contributed by atoms with E-state index in [1.807, 2.05) is 6.92 Å². The molecule has 1 unspecified atom stereocenters. The Morgan fingerprint density at radius 3 is 2.94 bits per heavy atom. The second kappa shape index (κ2) is 4.53. The Kier molecular flexibility index (Phi) is 3.10. The number of epoxide rings is 1. The van der Waals surface area contributed by atoms with Crippen molar-refractivity contribution < 1.29 is 19.4 Å². The van der Waals surface area contributed by atoms with Crippen LogP contribution in [0, 0.1) is 0 Å². The van der Waals surface area contributed by atoms with E-state index in [0.29, 0.717) is 24.3 Å². The van der Waals surface area contributed by atoms with Crippen molar-refractivity contribution in [2.45, 2.75) is 19.4 Å². The zero-order chi connectivity index (χ0) is 11.5. The number of aromatic carboxylic acids is 1. The highest BCUT2D eigenvalue weighted by molar-refractivity contribution is 5.89. The van der Waals surface area contributed by atoms with Gasteiger partial charge < -0.3 is 14.6 Å². The topological polar surface area (TPSA) is 59.1 Å². The number of hydrogen-bond acceptors (Lipinski definition) is 3. The lowest BCUT2D eigenvalue weighted by atomic mass is 10.1. The van der Waals surface area contributed by atoms with Gasteiger partial charge in [0.25, 0.3) is 0 Å². The fourth-order valence-corrected chi connectivity index (χ4v) is 1.51. The molecule has 1 saturated heterocycles. The average Bonchev–Trinajstić information content (AvgIpc) is 3.09. The van der Waals surface area contributed by atoms with E-state index in [0.717, 1.165) is 12.2 Å². The first-order valence-corrected chi connectivity index (χ1v) is 5.31. The fraction of sp³-hybridized carbons (Fsp3) is 0.417. The molecule has 1 fully saturated rings. The third-order valence-corrected chi connectivity index (χ3v) is 2.53. The minimum atomic E-state index is -0.895. The lowest BCUT2D eigenvalue weighted by molar-refractivity contribution is 0.0695. The van der Waals surface area contributed by atoms with Crippen molar-refractivity contribution in [3.63, 3.8) is 0 Å². The predicted octanol–water partition coefficient (Wildman–Crippen LogP) is 1.72. The van der Waals surface area contributed by atoms with Gasteiger partial charge in [-0.05, 0) is 30.2 Å². The summed E-state index contributed by atoms with van der Waals surface area (Å²) >= 11 is 0. The van der Waals surface area contributed by atoms with Crippen molar-refractivity contribution in [1.82, 2.24) is 0 Å². The summed E-state index contributed by atoms with van der Waals surface area (Å²) in [6.45, 7) is 3.22. The van der Waals surface area contributed by atoms with Gasteiger partial charge in [0.15, 0.2) is 0 Å². The third kappa shape index (κ3) is 2.52. The predicted molar refractivity (Wildman–Crippen MR) is 58.0 cm³/mol. The molecule has 1 aromatic carbocycles. The summed E-state index contributed by atoms with van der Waals surface area (Å²) in [6.07, 6.45) is 0.892. The van der Waals surface area contributed by atoms with Gasteiger partial charge in [0.05, 0.1) is 12.2 Å². The average molecular weight is 222 g/mol. The van der Waals surface area contributed by atoms with Crippen LogP contribution in [-0.4, -0.2) is 30.4 Å². The van der Waals surface area contributed by atoms with E-state index >= 15 is 0 Å². The molecule has 4 nitrogen and oxygen atoms in total. The highest BCUT2D eigenvalue weighted by atomic mass is 16.6. The molecule has 1 atom stereocenters. The Balaban J connectivity index is 2.11. The van der Waals surface area contributed by atoms with Crippen LogP contribution in [0.3, 0.4) is 0 Å². The van der Waals surface area contributed by atoms with Gasteiger partial charge in [-0.2, -0.15) is 0 Å². The van der Waals surface area contributed by atoms with Crippen molar-refractivity contribution in [3.8, 4) is 5.75 Å². The number of carboxylic acids is 1. The zero-order valence-corrected chi connectivity index (χ0v) is 9.10. The van der Waals surface area contributed by atoms with Crippen molar-refractivity contribution in [2.24, 2.45) is 0 Å². The molecule has 86 valence electrons. The van der Waals surface area contributed by atoms with Crippen LogP contribution in [0.4, 0.5) is 0 Å². The number of rotatable bonds is 5. The maximum absolute atomic E-state index is 10.9. The molecule has 4 heteroatoms. The molecule has 0 aliphatic carbocycles. The van der Waals surface area contributed by atoms with E-state index in [4.69, 9.17) is 14.6 Å². The standard InChI is InChI=1S/C12H14O4/c1-2-8-5-9(15-6-10-7-16-10)3-4-11(8)12(13)14/h3-5,10H,2,6-7H2,1H3,(H,13,14). The van der Waals surface area contributed by atoms with Gasteiger partial charge >= 0.3 is 5.97 Å². The molecule has 0 bridgehead atoms. The molecular weight excluding hydrogens is 208 g/mol. The van der Waals surface area contributed by atoms with Crippen molar-refractivity contribution in [3.05, 3.63) is 29.3 Å². The third-order valence-electron chi connectivity index (χ3n) is 2.53. The van der Waals surface area contributed by atoms with E-state index < -0.39 is 5.97 Å². The summed E-state index contributed by atoms with van der Waals surface area (Å²) in [5.41, 5.74) is 1.14. The molecule has 0 spiro atoms. The Morgan fingerprint density at radius 2 is 2.38 bits per heavy atom. The lowest BCUT2D eigenvalue weighted by Crippen LogP contribution is -2.06. The summed E-state index contributed by atoms with van der Waals surface area (Å²) in [5, 5.41) is 8.95. The molecule has 1 aromatic rings. The maximum atomic E-state index is 10.9. The molecule has 1 N–H and O–H groups in total. The van der Waals surface area contributed by atoms with Gasteiger partial charge in [0.2, 0.25) is 0 Å². The van der Waals surface area contributed by atoms with Gasteiger partial charge in [0.1, 0.15) is 18.5 Å². The Bertz CT molecular complexity index is 396. The van der Waals surface area contributed by atoms with E-state index in [1.165, 1.54) is 0 Å². The Hall–Kier alpha value is -1.55. The van der Waals surface area contributed by atoms with E-state index in [2.05, 4.69) is 0 Å². The summed E-state index contributed by atoms with van der Waals surface area (Å²) < 4.78 is 10.5. The van der Waals surface area contributed by atoms with E-state index in [-0.39, 0.29) is 6.10 Å². The molecule has 1 aliphatic rings. The van der Waals surface area contributed by atoms with Gasteiger partial charge in [-0.1, -0.05) is 6.92 Å². The number of hydrogen-bond donors (Lipinski definition) is 1. The Morgan fingerprint density at radius 1 is 1.62 bits per heavy atom. The van der Waals surface area contributed by atoms with Crippen LogP contribution in [0.5, 0.6) is 5.75 Å². The number of ether oxygens (including phenoxy) is 2. The largest absolute Gasteiger partial charge is 0.491 e. The van der Waals surface area contributed by atoms with Crippen molar-refractivity contribution in [1.29, 1.82) is 0 Å². The first kappa shape index (κ1) is 11.0. The zero-order valence-electron chi connectivity index (χ0n) is 9.10. The van der Waals surface area contributed by atoms with Crippen LogP contribution in [0.25, 0.3) is 0 Å². The van der Waals surface area contributed by atoms with Crippen LogP contribution in [0.2, 0.25) is 0 Å². The monoisotopic (exact) mass is 222 g/mol. The van der Waals surface area contributed by atoms with Gasteiger partial charge in [-0.3, -0.25) is 0 Å². The van der Waals surface area contributed by atoms with E-state index in [9.17, 15) is 4.79 Å². The second-order valence-electron chi connectivity index (χ2n) is 3.74.